The molecule has 0 fully saturated rings. The van der Waals surface area contributed by atoms with E-state index in [9.17, 15) is 13.6 Å². The van der Waals surface area contributed by atoms with Crippen molar-refractivity contribution in [1.29, 1.82) is 0 Å². The van der Waals surface area contributed by atoms with Crippen LogP contribution in [-0.4, -0.2) is 12.5 Å². The zero-order valence-electron chi connectivity index (χ0n) is 13.1. The van der Waals surface area contributed by atoms with Gasteiger partial charge in [-0.25, -0.2) is 8.78 Å². The Bertz CT molecular complexity index is 671. The number of rotatable bonds is 6. The molecule has 2 aromatic rings. The first-order chi connectivity index (χ1) is 11.0. The van der Waals surface area contributed by atoms with E-state index in [4.69, 9.17) is 4.74 Å². The van der Waals surface area contributed by atoms with E-state index in [1.807, 2.05) is 31.2 Å². The molecule has 0 radical (unpaired) electrons. The molecule has 0 aliphatic rings. The van der Waals surface area contributed by atoms with Crippen molar-refractivity contribution in [2.45, 2.75) is 26.3 Å². The van der Waals surface area contributed by atoms with Gasteiger partial charge in [-0.2, -0.15) is 0 Å². The second kappa shape index (κ2) is 7.72. The number of carbonyl (C=O) groups is 1. The summed E-state index contributed by atoms with van der Waals surface area (Å²) in [7, 11) is 0. The predicted molar refractivity (Wildman–Crippen MR) is 84.2 cm³/mol. The standard InChI is InChI=1S/C18H19F2NO2/c1-12-3-6-15(7-4-12)23-10-9-18(22)21-13(2)16-8-5-14(19)11-17(16)20/h3-8,11,13H,9-10H2,1-2H3,(H,21,22)/t13-/m0/s1. The number of ether oxygens (including phenoxy) is 1. The first-order valence-corrected chi connectivity index (χ1v) is 7.39. The van der Waals surface area contributed by atoms with Gasteiger partial charge in [0.25, 0.3) is 0 Å². The Kier molecular flexibility index (Phi) is 5.68. The third-order valence-corrected chi connectivity index (χ3v) is 3.43. The van der Waals surface area contributed by atoms with E-state index < -0.39 is 17.7 Å². The number of aryl methyl sites for hydroxylation is 1. The minimum atomic E-state index is -0.672. The highest BCUT2D eigenvalue weighted by Gasteiger charge is 2.14. The molecule has 0 heterocycles. The largest absolute Gasteiger partial charge is 0.493 e. The van der Waals surface area contributed by atoms with Gasteiger partial charge in [-0.05, 0) is 32.0 Å². The Balaban J connectivity index is 1.81. The molecule has 0 unspecified atom stereocenters. The van der Waals surface area contributed by atoms with Gasteiger partial charge in [-0.3, -0.25) is 4.79 Å². The molecule has 1 atom stereocenters. The third-order valence-electron chi connectivity index (χ3n) is 3.43. The van der Waals surface area contributed by atoms with Crippen LogP contribution in [0.1, 0.15) is 30.5 Å². The van der Waals surface area contributed by atoms with E-state index >= 15 is 0 Å². The highest BCUT2D eigenvalue weighted by atomic mass is 19.1. The summed E-state index contributed by atoms with van der Waals surface area (Å²) < 4.78 is 32.0. The van der Waals surface area contributed by atoms with Gasteiger partial charge in [0.1, 0.15) is 17.4 Å². The van der Waals surface area contributed by atoms with Crippen LogP contribution in [-0.2, 0) is 4.79 Å². The zero-order chi connectivity index (χ0) is 16.8. The van der Waals surface area contributed by atoms with Crippen LogP contribution in [0.4, 0.5) is 8.78 Å². The van der Waals surface area contributed by atoms with Gasteiger partial charge in [-0.15, -0.1) is 0 Å². The second-order valence-electron chi connectivity index (χ2n) is 5.37. The lowest BCUT2D eigenvalue weighted by atomic mass is 10.1. The molecule has 0 aromatic heterocycles. The highest BCUT2D eigenvalue weighted by molar-refractivity contribution is 5.76. The summed E-state index contributed by atoms with van der Waals surface area (Å²) in [5, 5.41) is 2.67. The lowest BCUT2D eigenvalue weighted by Gasteiger charge is -2.15. The summed E-state index contributed by atoms with van der Waals surface area (Å²) >= 11 is 0. The maximum Gasteiger partial charge on any atom is 0.223 e. The Morgan fingerprint density at radius 1 is 1.17 bits per heavy atom. The summed E-state index contributed by atoms with van der Waals surface area (Å²) in [6, 6.07) is 10.3. The average Bonchev–Trinajstić information content (AvgIpc) is 2.49. The molecule has 3 nitrogen and oxygen atoms in total. The summed E-state index contributed by atoms with van der Waals surface area (Å²) in [6.07, 6.45) is 0.154. The van der Waals surface area contributed by atoms with Gasteiger partial charge in [0.2, 0.25) is 5.91 Å². The van der Waals surface area contributed by atoms with Gasteiger partial charge in [0.05, 0.1) is 19.1 Å². The van der Waals surface area contributed by atoms with Crippen LogP contribution >= 0.6 is 0 Å². The van der Waals surface area contributed by atoms with Crippen molar-refractivity contribution in [3.05, 3.63) is 65.2 Å². The van der Waals surface area contributed by atoms with Gasteiger partial charge in [0, 0.05) is 11.6 Å². The van der Waals surface area contributed by atoms with Gasteiger partial charge in [0.15, 0.2) is 0 Å². The topological polar surface area (TPSA) is 38.3 Å². The maximum absolute atomic E-state index is 13.6. The minimum Gasteiger partial charge on any atom is -0.493 e. The summed E-state index contributed by atoms with van der Waals surface area (Å²) in [5.74, 6) is -0.876. The number of hydrogen-bond donors (Lipinski definition) is 1. The van der Waals surface area contributed by atoms with E-state index in [0.717, 1.165) is 11.6 Å². The predicted octanol–water partition coefficient (Wildman–Crippen LogP) is 3.92. The Morgan fingerprint density at radius 2 is 1.87 bits per heavy atom. The number of halogens is 2. The van der Waals surface area contributed by atoms with Crippen molar-refractivity contribution in [2.24, 2.45) is 0 Å². The number of amides is 1. The van der Waals surface area contributed by atoms with Gasteiger partial charge in [-0.1, -0.05) is 23.8 Å². The first kappa shape index (κ1) is 16.9. The fourth-order valence-corrected chi connectivity index (χ4v) is 2.14. The average molecular weight is 319 g/mol. The van der Waals surface area contributed by atoms with E-state index in [0.29, 0.717) is 5.75 Å². The smallest absolute Gasteiger partial charge is 0.223 e. The van der Waals surface area contributed by atoms with Crippen molar-refractivity contribution in [2.75, 3.05) is 6.61 Å². The molecule has 2 rings (SSSR count). The van der Waals surface area contributed by atoms with Crippen LogP contribution in [0.25, 0.3) is 0 Å². The molecule has 23 heavy (non-hydrogen) atoms. The van der Waals surface area contributed by atoms with Crippen LogP contribution < -0.4 is 10.1 Å². The summed E-state index contributed by atoms with van der Waals surface area (Å²) in [6.45, 7) is 3.86. The van der Waals surface area contributed by atoms with Crippen molar-refractivity contribution >= 4 is 5.91 Å². The van der Waals surface area contributed by atoms with Gasteiger partial charge >= 0.3 is 0 Å². The number of nitrogens with one attached hydrogen (secondary N) is 1. The molecule has 0 aliphatic heterocycles. The molecular weight excluding hydrogens is 300 g/mol. The van der Waals surface area contributed by atoms with Crippen molar-refractivity contribution in [3.63, 3.8) is 0 Å². The molecule has 0 saturated heterocycles. The van der Waals surface area contributed by atoms with Crippen LogP contribution in [0.5, 0.6) is 5.75 Å². The fourth-order valence-electron chi connectivity index (χ4n) is 2.14. The molecular formula is C18H19F2NO2. The molecule has 0 spiro atoms. The molecule has 1 N–H and O–H groups in total. The second-order valence-corrected chi connectivity index (χ2v) is 5.37. The van der Waals surface area contributed by atoms with E-state index in [1.54, 1.807) is 6.92 Å². The first-order valence-electron chi connectivity index (χ1n) is 7.39. The molecule has 2 aromatic carbocycles. The van der Waals surface area contributed by atoms with Crippen molar-refractivity contribution in [3.8, 4) is 5.75 Å². The van der Waals surface area contributed by atoms with E-state index in [2.05, 4.69) is 5.32 Å². The number of hydrogen-bond acceptors (Lipinski definition) is 2. The molecule has 122 valence electrons. The summed E-state index contributed by atoms with van der Waals surface area (Å²) in [4.78, 5) is 11.9. The van der Waals surface area contributed by atoms with Crippen LogP contribution in [0.2, 0.25) is 0 Å². The van der Waals surface area contributed by atoms with Crippen molar-refractivity contribution in [1.82, 2.24) is 5.32 Å². The zero-order valence-corrected chi connectivity index (χ0v) is 13.1. The summed E-state index contributed by atoms with van der Waals surface area (Å²) in [5.41, 5.74) is 1.38. The Hall–Kier alpha value is -2.43. The molecule has 0 bridgehead atoms. The highest BCUT2D eigenvalue weighted by Crippen LogP contribution is 2.18. The van der Waals surface area contributed by atoms with Crippen LogP contribution in [0.15, 0.2) is 42.5 Å². The third kappa shape index (κ3) is 5.06. The fraction of sp³-hybridized carbons (Fsp3) is 0.278. The van der Waals surface area contributed by atoms with E-state index in [1.165, 1.54) is 12.1 Å². The lowest BCUT2D eigenvalue weighted by Crippen LogP contribution is -2.28. The molecule has 5 heteroatoms. The van der Waals surface area contributed by atoms with Crippen LogP contribution in [0.3, 0.4) is 0 Å². The lowest BCUT2D eigenvalue weighted by molar-refractivity contribution is -0.122. The van der Waals surface area contributed by atoms with Gasteiger partial charge < -0.3 is 10.1 Å². The minimum absolute atomic E-state index is 0.154. The molecule has 0 aliphatic carbocycles. The van der Waals surface area contributed by atoms with E-state index in [-0.39, 0.29) is 24.5 Å². The maximum atomic E-state index is 13.6. The van der Waals surface area contributed by atoms with Crippen molar-refractivity contribution < 1.29 is 18.3 Å². The SMILES string of the molecule is Cc1ccc(OCCC(=O)N[C@@H](C)c2ccc(F)cc2F)cc1. The number of benzene rings is 2. The Morgan fingerprint density at radius 3 is 2.52 bits per heavy atom. The molecule has 1 amide bonds. The molecule has 0 saturated carbocycles. The van der Waals surface area contributed by atoms with Crippen LogP contribution in [0, 0.1) is 18.6 Å². The normalized spacial score (nSPS) is 11.8. The Labute approximate surface area is 134 Å². The quantitative estimate of drug-likeness (QED) is 0.876. The number of carbonyl (C=O) groups excluding carboxylic acids is 1. The monoisotopic (exact) mass is 319 g/mol.